The van der Waals surface area contributed by atoms with Crippen LogP contribution in [-0.4, -0.2) is 40.5 Å². The van der Waals surface area contributed by atoms with Gasteiger partial charge in [0.15, 0.2) is 10.9 Å². The summed E-state index contributed by atoms with van der Waals surface area (Å²) in [6, 6.07) is 12.5. The lowest BCUT2D eigenvalue weighted by Crippen LogP contribution is -2.07. The van der Waals surface area contributed by atoms with Gasteiger partial charge in [0.2, 0.25) is 0 Å². The maximum atomic E-state index is 12.7. The molecule has 140 valence electrons. The lowest BCUT2D eigenvalue weighted by Gasteiger charge is -2.10. The van der Waals surface area contributed by atoms with Gasteiger partial charge < -0.3 is 9.47 Å². The summed E-state index contributed by atoms with van der Waals surface area (Å²) in [4.78, 5) is 12.7. The van der Waals surface area contributed by atoms with E-state index in [2.05, 4.69) is 10.2 Å². The molecule has 0 aliphatic rings. The van der Waals surface area contributed by atoms with Crippen molar-refractivity contribution in [3.63, 3.8) is 0 Å². The molecule has 3 aromatic rings. The van der Waals surface area contributed by atoms with Gasteiger partial charge in [-0.15, -0.1) is 10.2 Å². The van der Waals surface area contributed by atoms with Crippen LogP contribution in [0.2, 0.25) is 5.02 Å². The Hall–Kier alpha value is -2.51. The summed E-state index contributed by atoms with van der Waals surface area (Å²) in [5.41, 5.74) is 1.31. The molecule has 0 unspecified atom stereocenters. The molecule has 1 aromatic heterocycles. The van der Waals surface area contributed by atoms with Gasteiger partial charge in [-0.25, -0.2) is 0 Å². The van der Waals surface area contributed by atoms with Crippen LogP contribution < -0.4 is 9.47 Å². The zero-order valence-corrected chi connectivity index (χ0v) is 16.7. The van der Waals surface area contributed by atoms with Crippen LogP contribution >= 0.6 is 23.4 Å². The third-order valence-corrected chi connectivity index (χ3v) is 5.07. The number of carbonyl (C=O) groups excluding carboxylic acids is 1. The molecule has 2 aromatic carbocycles. The molecule has 0 spiro atoms. The zero-order chi connectivity index (χ0) is 19.4. The van der Waals surface area contributed by atoms with Gasteiger partial charge in [0.25, 0.3) is 0 Å². The Morgan fingerprint density at radius 2 is 1.96 bits per heavy atom. The number of rotatable bonds is 7. The summed E-state index contributed by atoms with van der Waals surface area (Å²) in [5, 5.41) is 9.55. The molecule has 27 heavy (non-hydrogen) atoms. The fourth-order valence-electron chi connectivity index (χ4n) is 2.59. The Morgan fingerprint density at radius 3 is 2.67 bits per heavy atom. The third-order valence-electron chi connectivity index (χ3n) is 3.90. The fourth-order valence-corrected chi connectivity index (χ4v) is 3.65. The first-order chi connectivity index (χ1) is 13.0. The number of ketones is 1. The van der Waals surface area contributed by atoms with E-state index < -0.39 is 0 Å². The lowest BCUT2D eigenvalue weighted by atomic mass is 10.1. The average molecular weight is 404 g/mol. The fraction of sp³-hybridized carbons (Fsp3) is 0.211. The van der Waals surface area contributed by atoms with Gasteiger partial charge in [0.05, 0.1) is 31.2 Å². The number of carbonyl (C=O) groups is 1. The Kier molecular flexibility index (Phi) is 6.03. The van der Waals surface area contributed by atoms with E-state index in [-0.39, 0.29) is 11.5 Å². The SMILES string of the molecule is COc1ccc(OC)c(C(=O)CSc2nnc(C)n2-c2cccc(Cl)c2)c1. The summed E-state index contributed by atoms with van der Waals surface area (Å²) in [5.74, 6) is 1.92. The molecular weight excluding hydrogens is 386 g/mol. The second-order valence-corrected chi connectivity index (χ2v) is 7.00. The van der Waals surface area contributed by atoms with Crippen molar-refractivity contribution < 1.29 is 14.3 Å². The molecule has 0 bridgehead atoms. The van der Waals surface area contributed by atoms with Gasteiger partial charge in [-0.2, -0.15) is 0 Å². The molecule has 0 atom stereocenters. The summed E-state index contributed by atoms with van der Waals surface area (Å²) >= 11 is 7.40. The van der Waals surface area contributed by atoms with E-state index in [1.54, 1.807) is 31.4 Å². The molecular formula is C19H18ClN3O3S. The first kappa shape index (κ1) is 19.3. The van der Waals surface area contributed by atoms with E-state index in [9.17, 15) is 4.79 Å². The second kappa shape index (κ2) is 8.45. The molecule has 0 amide bonds. The third kappa shape index (κ3) is 4.26. The number of aromatic nitrogens is 3. The minimum absolute atomic E-state index is 0.0888. The van der Waals surface area contributed by atoms with E-state index >= 15 is 0 Å². The van der Waals surface area contributed by atoms with Crippen LogP contribution in [0.3, 0.4) is 0 Å². The minimum atomic E-state index is -0.0888. The van der Waals surface area contributed by atoms with Crippen LogP contribution in [0.4, 0.5) is 0 Å². The van der Waals surface area contributed by atoms with Crippen LogP contribution in [0.15, 0.2) is 47.6 Å². The van der Waals surface area contributed by atoms with E-state index in [1.807, 2.05) is 29.7 Å². The highest BCUT2D eigenvalue weighted by Gasteiger charge is 2.17. The molecule has 0 fully saturated rings. The van der Waals surface area contributed by atoms with Gasteiger partial charge in [0.1, 0.15) is 17.3 Å². The minimum Gasteiger partial charge on any atom is -0.497 e. The molecule has 1 heterocycles. The summed E-state index contributed by atoms with van der Waals surface area (Å²) < 4.78 is 12.4. The number of nitrogens with zero attached hydrogens (tertiary/aromatic N) is 3. The van der Waals surface area contributed by atoms with Crippen molar-refractivity contribution in [1.82, 2.24) is 14.8 Å². The monoisotopic (exact) mass is 403 g/mol. The predicted molar refractivity (Wildman–Crippen MR) is 106 cm³/mol. The maximum absolute atomic E-state index is 12.7. The number of ether oxygens (including phenoxy) is 2. The number of methoxy groups -OCH3 is 2. The maximum Gasteiger partial charge on any atom is 0.196 e. The molecule has 0 aliphatic carbocycles. The van der Waals surface area contributed by atoms with Gasteiger partial charge >= 0.3 is 0 Å². The molecule has 0 saturated carbocycles. The topological polar surface area (TPSA) is 66.2 Å². The number of aryl methyl sites for hydroxylation is 1. The first-order valence-electron chi connectivity index (χ1n) is 8.09. The zero-order valence-electron chi connectivity index (χ0n) is 15.1. The van der Waals surface area contributed by atoms with Crippen molar-refractivity contribution in [2.45, 2.75) is 12.1 Å². The normalized spacial score (nSPS) is 10.7. The summed E-state index contributed by atoms with van der Waals surface area (Å²) in [6.07, 6.45) is 0. The molecule has 0 radical (unpaired) electrons. The van der Waals surface area contributed by atoms with Crippen molar-refractivity contribution in [2.75, 3.05) is 20.0 Å². The van der Waals surface area contributed by atoms with Crippen LogP contribution in [0, 0.1) is 6.92 Å². The van der Waals surface area contributed by atoms with Gasteiger partial charge in [-0.05, 0) is 43.3 Å². The molecule has 6 nitrogen and oxygen atoms in total. The first-order valence-corrected chi connectivity index (χ1v) is 9.46. The highest BCUT2D eigenvalue weighted by Crippen LogP contribution is 2.28. The van der Waals surface area contributed by atoms with Crippen molar-refractivity contribution in [2.24, 2.45) is 0 Å². The Balaban J connectivity index is 1.83. The highest BCUT2D eigenvalue weighted by molar-refractivity contribution is 7.99. The van der Waals surface area contributed by atoms with Crippen LogP contribution in [0.5, 0.6) is 11.5 Å². The molecule has 0 aliphatic heterocycles. The van der Waals surface area contributed by atoms with Gasteiger partial charge in [-0.3, -0.25) is 9.36 Å². The summed E-state index contributed by atoms with van der Waals surface area (Å²) in [7, 11) is 3.09. The lowest BCUT2D eigenvalue weighted by molar-refractivity contribution is 0.101. The second-order valence-electron chi connectivity index (χ2n) is 5.62. The number of hydrogen-bond donors (Lipinski definition) is 0. The Morgan fingerprint density at radius 1 is 1.15 bits per heavy atom. The molecule has 0 saturated heterocycles. The Labute approximate surface area is 166 Å². The van der Waals surface area contributed by atoms with Crippen molar-refractivity contribution in [3.05, 3.63) is 58.9 Å². The molecule has 3 rings (SSSR count). The standard InChI is InChI=1S/C19H18ClN3O3S/c1-12-21-22-19(23(12)14-6-4-5-13(20)9-14)27-11-17(24)16-10-15(25-2)7-8-18(16)26-3/h4-10H,11H2,1-3H3. The molecule has 0 N–H and O–H groups in total. The number of hydrogen-bond acceptors (Lipinski definition) is 6. The largest absolute Gasteiger partial charge is 0.497 e. The molecule has 8 heteroatoms. The van der Waals surface area contributed by atoms with E-state index in [4.69, 9.17) is 21.1 Å². The smallest absolute Gasteiger partial charge is 0.196 e. The quantitative estimate of drug-likeness (QED) is 0.434. The van der Waals surface area contributed by atoms with Crippen LogP contribution in [-0.2, 0) is 0 Å². The number of Topliss-reactive ketones (excluding diaryl/α,β-unsaturated/α-hetero) is 1. The predicted octanol–water partition coefficient (Wildman–Crippen LogP) is 4.22. The highest BCUT2D eigenvalue weighted by atomic mass is 35.5. The van der Waals surface area contributed by atoms with Crippen molar-refractivity contribution >= 4 is 29.1 Å². The van der Waals surface area contributed by atoms with Crippen molar-refractivity contribution in [3.8, 4) is 17.2 Å². The number of halogens is 1. The van der Waals surface area contributed by atoms with E-state index in [0.717, 1.165) is 5.69 Å². The summed E-state index contributed by atoms with van der Waals surface area (Å²) in [6.45, 7) is 1.85. The Bertz CT molecular complexity index is 975. The number of thioether (sulfide) groups is 1. The van der Waals surface area contributed by atoms with E-state index in [1.165, 1.54) is 18.9 Å². The van der Waals surface area contributed by atoms with Gasteiger partial charge in [0, 0.05) is 5.02 Å². The van der Waals surface area contributed by atoms with Gasteiger partial charge in [-0.1, -0.05) is 29.4 Å². The number of benzene rings is 2. The average Bonchev–Trinajstić information content (AvgIpc) is 3.06. The van der Waals surface area contributed by atoms with Crippen molar-refractivity contribution in [1.29, 1.82) is 0 Å². The van der Waals surface area contributed by atoms with Crippen LogP contribution in [0.25, 0.3) is 5.69 Å². The van der Waals surface area contributed by atoms with E-state index in [0.29, 0.717) is 33.1 Å². The van der Waals surface area contributed by atoms with Crippen LogP contribution in [0.1, 0.15) is 16.2 Å².